The zero-order chi connectivity index (χ0) is 12.6. The van der Waals surface area contributed by atoms with Gasteiger partial charge in [-0.1, -0.05) is 6.42 Å². The Morgan fingerprint density at radius 3 is 2.24 bits per heavy atom. The van der Waals surface area contributed by atoms with Gasteiger partial charge in [-0.25, -0.2) is 0 Å². The van der Waals surface area contributed by atoms with Crippen molar-refractivity contribution in [3.63, 3.8) is 0 Å². The molecule has 101 valence electrons. The fraction of sp³-hybridized carbons (Fsp3) is 0.625. The number of thiocarbonyl (C=S) groups is 2. The minimum absolute atomic E-state index is 0. The second-order valence-electron chi connectivity index (χ2n) is 3.14. The van der Waals surface area contributed by atoms with Gasteiger partial charge in [0.2, 0.25) is 5.91 Å². The molecule has 6 nitrogen and oxygen atoms in total. The molecule has 1 heterocycles. The first-order valence-corrected chi connectivity index (χ1v) is 5.50. The van der Waals surface area contributed by atoms with Crippen molar-refractivity contribution in [3.8, 4) is 0 Å². The van der Waals surface area contributed by atoms with Gasteiger partial charge >= 0.3 is 0 Å². The van der Waals surface area contributed by atoms with Crippen molar-refractivity contribution in [2.75, 3.05) is 6.54 Å². The van der Waals surface area contributed by atoms with Crippen molar-refractivity contribution in [1.29, 1.82) is 0 Å². The van der Waals surface area contributed by atoms with Gasteiger partial charge in [-0.15, -0.1) is 0 Å². The molecular weight excluding hydrogens is 309 g/mol. The Morgan fingerprint density at radius 2 is 1.88 bits per heavy atom. The van der Waals surface area contributed by atoms with Crippen LogP contribution in [0.25, 0.3) is 0 Å². The number of carbonyl (C=O) groups excluding carboxylic acids is 1. The molecule has 1 saturated heterocycles. The van der Waals surface area contributed by atoms with E-state index in [4.69, 9.17) is 10.2 Å². The van der Waals surface area contributed by atoms with E-state index in [-0.39, 0.29) is 28.7 Å². The van der Waals surface area contributed by atoms with Crippen molar-refractivity contribution in [2.24, 2.45) is 5.73 Å². The van der Waals surface area contributed by atoms with Crippen LogP contribution in [-0.2, 0) is 21.6 Å². The summed E-state index contributed by atoms with van der Waals surface area (Å²) in [5.74, 6) is -0.234. The number of piperidine rings is 1. The predicted octanol–water partition coefficient (Wildman–Crippen LogP) is -0.127. The Labute approximate surface area is 121 Å². The summed E-state index contributed by atoms with van der Waals surface area (Å²) in [7, 11) is 0. The molecule has 1 unspecified atom stereocenters. The molecule has 1 fully saturated rings. The average Bonchev–Trinajstić information content (AvgIpc) is 2.17. The maximum absolute atomic E-state index is 11.2. The number of aliphatic hydroxyl groups is 2. The molecule has 0 aromatic heterocycles. The molecule has 9 heteroatoms. The van der Waals surface area contributed by atoms with Crippen LogP contribution in [0.1, 0.15) is 19.3 Å². The first kappa shape index (κ1) is 18.9. The molecule has 0 aromatic carbocycles. The number of hydrogen-bond acceptors (Lipinski definition) is 4. The topological polar surface area (TPSA) is 108 Å². The number of rotatable bonds is 1. The number of nitrogens with two attached hydrogens (primary N) is 1. The Hall–Kier alpha value is -0.484. The normalized spacial score (nSPS) is 17.8. The van der Waals surface area contributed by atoms with Crippen molar-refractivity contribution < 1.29 is 31.8 Å². The van der Waals surface area contributed by atoms with E-state index in [9.17, 15) is 4.79 Å². The third-order valence-corrected chi connectivity index (χ3v) is 1.96. The molecular formula is C8H15CoN3O3S2. The first-order chi connectivity index (χ1) is 7.43. The van der Waals surface area contributed by atoms with E-state index in [2.05, 4.69) is 40.8 Å². The van der Waals surface area contributed by atoms with Crippen LogP contribution >= 0.6 is 24.4 Å². The molecule has 1 amide bonds. The number of carbonyl (C=O) groups is 1. The van der Waals surface area contributed by atoms with E-state index in [1.165, 1.54) is 0 Å². The van der Waals surface area contributed by atoms with Crippen LogP contribution in [-0.4, -0.2) is 39.1 Å². The Kier molecular flexibility index (Phi) is 11.8. The molecule has 0 aromatic rings. The maximum atomic E-state index is 11.2. The summed E-state index contributed by atoms with van der Waals surface area (Å²) in [6, 6.07) is -0.191. The van der Waals surface area contributed by atoms with E-state index < -0.39 is 10.3 Å². The van der Waals surface area contributed by atoms with Crippen molar-refractivity contribution in [3.05, 3.63) is 0 Å². The Morgan fingerprint density at radius 1 is 1.35 bits per heavy atom. The standard InChI is InChI=1S/C7H12N2O2S.CH3NOS.Co/c10-6(9-7(11)12)5-3-1-2-4-8-5;2-1(3)4;/h5,8H,1-4H2,(H2,9,10,11,12);(H3,2,3,4);. The fourth-order valence-corrected chi connectivity index (χ4v) is 1.37. The maximum Gasteiger partial charge on any atom is 0.260 e. The monoisotopic (exact) mass is 324 g/mol. The van der Waals surface area contributed by atoms with Gasteiger partial charge in [0, 0.05) is 16.8 Å². The van der Waals surface area contributed by atoms with Gasteiger partial charge in [-0.2, -0.15) is 0 Å². The number of hydrogen-bond donors (Lipinski definition) is 5. The van der Waals surface area contributed by atoms with Crippen LogP contribution in [0.5, 0.6) is 0 Å². The number of nitrogens with one attached hydrogen (secondary N) is 2. The zero-order valence-corrected chi connectivity index (χ0v) is 11.6. The molecule has 0 spiro atoms. The van der Waals surface area contributed by atoms with Crippen molar-refractivity contribution in [1.82, 2.24) is 10.6 Å². The Bertz CT molecular complexity index is 269. The van der Waals surface area contributed by atoms with Gasteiger partial charge in [-0.05, 0) is 43.8 Å². The van der Waals surface area contributed by atoms with Crippen LogP contribution in [0.2, 0.25) is 0 Å². The van der Waals surface area contributed by atoms with Gasteiger partial charge < -0.3 is 21.3 Å². The Balaban J connectivity index is 0. The summed E-state index contributed by atoms with van der Waals surface area (Å²) in [6.45, 7) is 0.857. The molecule has 1 rings (SSSR count). The minimum Gasteiger partial charge on any atom is -0.487 e. The molecule has 1 aliphatic rings. The second kappa shape index (κ2) is 10.7. The SMILES string of the molecule is NC(O)=S.O=C(NC(O)=S)C1CCCCN1.[Co]. The average molecular weight is 324 g/mol. The van der Waals surface area contributed by atoms with Gasteiger partial charge in [0.05, 0.1) is 6.04 Å². The molecule has 0 aliphatic carbocycles. The summed E-state index contributed by atoms with van der Waals surface area (Å²) in [5, 5.41) is 20.5. The second-order valence-corrected chi connectivity index (χ2v) is 3.94. The summed E-state index contributed by atoms with van der Waals surface area (Å²) in [4.78, 5) is 11.2. The predicted molar refractivity (Wildman–Crippen MR) is 68.4 cm³/mol. The van der Waals surface area contributed by atoms with Crippen molar-refractivity contribution >= 4 is 40.7 Å². The molecule has 1 radical (unpaired) electrons. The van der Waals surface area contributed by atoms with E-state index in [0.717, 1.165) is 25.8 Å². The largest absolute Gasteiger partial charge is 0.487 e. The molecule has 6 N–H and O–H groups in total. The molecule has 17 heavy (non-hydrogen) atoms. The third kappa shape index (κ3) is 11.8. The van der Waals surface area contributed by atoms with Gasteiger partial charge in [0.1, 0.15) is 0 Å². The quantitative estimate of drug-likeness (QED) is 0.428. The summed E-state index contributed by atoms with van der Waals surface area (Å²) >= 11 is 8.21. The number of aliphatic hydroxyl groups excluding tert-OH is 2. The van der Waals surface area contributed by atoms with Crippen molar-refractivity contribution in [2.45, 2.75) is 25.3 Å². The van der Waals surface area contributed by atoms with Crippen LogP contribution in [0.4, 0.5) is 0 Å². The molecule has 1 aliphatic heterocycles. The van der Waals surface area contributed by atoms with Gasteiger partial charge in [0.25, 0.3) is 10.3 Å². The minimum atomic E-state index is -0.500. The van der Waals surface area contributed by atoms with Gasteiger partial charge in [-0.3, -0.25) is 10.1 Å². The van der Waals surface area contributed by atoms with Crippen LogP contribution in [0.3, 0.4) is 0 Å². The van der Waals surface area contributed by atoms with Gasteiger partial charge in [0.15, 0.2) is 0 Å². The summed E-state index contributed by atoms with van der Waals surface area (Å²) in [6.07, 6.45) is 2.96. The van der Waals surface area contributed by atoms with E-state index in [0.29, 0.717) is 0 Å². The van der Waals surface area contributed by atoms with Crippen LogP contribution in [0, 0.1) is 0 Å². The van der Waals surface area contributed by atoms with Crippen LogP contribution in [0.15, 0.2) is 0 Å². The zero-order valence-electron chi connectivity index (χ0n) is 8.94. The fourth-order valence-electron chi connectivity index (χ4n) is 1.27. The third-order valence-electron chi connectivity index (χ3n) is 1.86. The van der Waals surface area contributed by atoms with E-state index in [1.807, 2.05) is 0 Å². The smallest absolute Gasteiger partial charge is 0.260 e. The molecule has 1 atom stereocenters. The van der Waals surface area contributed by atoms with E-state index >= 15 is 0 Å². The summed E-state index contributed by atoms with van der Waals surface area (Å²) < 4.78 is 0. The first-order valence-electron chi connectivity index (χ1n) is 4.69. The molecule has 0 bridgehead atoms. The van der Waals surface area contributed by atoms with Crippen LogP contribution < -0.4 is 16.4 Å². The number of amides is 1. The molecule has 0 saturated carbocycles. The summed E-state index contributed by atoms with van der Waals surface area (Å²) in [5.41, 5.74) is 4.40. The van der Waals surface area contributed by atoms with E-state index in [1.54, 1.807) is 0 Å².